The molecule has 0 amide bonds. The van der Waals surface area contributed by atoms with Crippen LogP contribution in [0.15, 0.2) is 30.9 Å². The van der Waals surface area contributed by atoms with Gasteiger partial charge in [-0.1, -0.05) is 23.7 Å². The van der Waals surface area contributed by atoms with Crippen LogP contribution in [-0.2, 0) is 0 Å². The normalized spacial score (nSPS) is 16.5. The molecule has 1 aromatic carbocycles. The van der Waals surface area contributed by atoms with Crippen LogP contribution in [0, 0.1) is 5.82 Å². The first kappa shape index (κ1) is 20.7. The molecule has 0 spiro atoms. The lowest BCUT2D eigenvalue weighted by Crippen LogP contribution is -2.45. The summed E-state index contributed by atoms with van der Waals surface area (Å²) in [5.41, 5.74) is 1.02. The summed E-state index contributed by atoms with van der Waals surface area (Å²) in [6.45, 7) is 7.75. The lowest BCUT2D eigenvalue weighted by molar-refractivity contribution is 0.166. The number of hydrogen-bond acceptors (Lipinski definition) is 2. The molecule has 6 heteroatoms. The minimum atomic E-state index is -0.281. The Kier molecular flexibility index (Phi) is 10.3. The third-order valence-corrected chi connectivity index (χ3v) is 3.89. The molecule has 2 nitrogen and oxygen atoms in total. The molecule has 0 radical (unpaired) electrons. The molecule has 0 unspecified atom stereocenters. The molecule has 0 aliphatic carbocycles. The van der Waals surface area contributed by atoms with Crippen molar-refractivity contribution in [2.45, 2.75) is 18.9 Å². The van der Waals surface area contributed by atoms with Gasteiger partial charge in [-0.3, -0.25) is 4.90 Å². The van der Waals surface area contributed by atoms with Gasteiger partial charge in [-0.05, 0) is 30.5 Å². The van der Waals surface area contributed by atoms with E-state index in [1.807, 2.05) is 12.1 Å². The fraction of sp³-hybridized carbons (Fsp3) is 0.467. The lowest BCUT2D eigenvalue weighted by Gasteiger charge is -2.35. The molecule has 21 heavy (non-hydrogen) atoms. The van der Waals surface area contributed by atoms with Gasteiger partial charge in [0.25, 0.3) is 0 Å². The van der Waals surface area contributed by atoms with Gasteiger partial charge in [-0.25, -0.2) is 4.39 Å². The van der Waals surface area contributed by atoms with Crippen molar-refractivity contribution >= 4 is 36.4 Å². The second kappa shape index (κ2) is 10.4. The zero-order valence-electron chi connectivity index (χ0n) is 11.9. The average molecular weight is 356 g/mol. The van der Waals surface area contributed by atoms with Gasteiger partial charge in [-0.15, -0.1) is 31.4 Å². The number of halogens is 4. The standard InChI is InChI=1S/C15H20ClFN2.2ClH/c1-2-3-4-15(19-9-7-18-8-10-19)13-6-5-12(17)11-14(13)16;;/h2,5-6,11,15,18H,1,3-4,7-10H2;2*1H/t15-;;/m1../s1. The molecule has 1 heterocycles. The summed E-state index contributed by atoms with van der Waals surface area (Å²) in [4.78, 5) is 2.42. The molecule has 1 aromatic rings. The highest BCUT2D eigenvalue weighted by molar-refractivity contribution is 6.31. The maximum atomic E-state index is 13.2. The van der Waals surface area contributed by atoms with E-state index in [9.17, 15) is 4.39 Å². The lowest BCUT2D eigenvalue weighted by atomic mass is 9.99. The minimum absolute atomic E-state index is 0. The second-order valence-corrected chi connectivity index (χ2v) is 5.24. The van der Waals surface area contributed by atoms with E-state index in [-0.39, 0.29) is 36.7 Å². The molecule has 1 saturated heterocycles. The predicted molar refractivity (Wildman–Crippen MR) is 92.5 cm³/mol. The Hall–Kier alpha value is -0.320. The van der Waals surface area contributed by atoms with Crippen LogP contribution in [0.2, 0.25) is 5.02 Å². The Bertz CT molecular complexity index is 437. The SMILES string of the molecule is C=CCC[C@H](c1ccc(F)cc1Cl)N1CCNCC1.Cl.Cl. The third kappa shape index (κ3) is 5.76. The summed E-state index contributed by atoms with van der Waals surface area (Å²) in [6.07, 6.45) is 3.82. The largest absolute Gasteiger partial charge is 0.314 e. The fourth-order valence-corrected chi connectivity index (χ4v) is 2.87. The number of piperazine rings is 1. The van der Waals surface area contributed by atoms with Crippen molar-refractivity contribution in [1.82, 2.24) is 10.2 Å². The third-order valence-electron chi connectivity index (χ3n) is 3.56. The fourth-order valence-electron chi connectivity index (χ4n) is 2.58. The smallest absolute Gasteiger partial charge is 0.124 e. The van der Waals surface area contributed by atoms with Gasteiger partial charge in [-0.2, -0.15) is 0 Å². The molecular formula is C15H22Cl3FN2. The highest BCUT2D eigenvalue weighted by atomic mass is 35.5. The van der Waals surface area contributed by atoms with Crippen molar-refractivity contribution in [3.8, 4) is 0 Å². The van der Waals surface area contributed by atoms with Crippen molar-refractivity contribution in [2.75, 3.05) is 26.2 Å². The van der Waals surface area contributed by atoms with E-state index in [4.69, 9.17) is 11.6 Å². The summed E-state index contributed by atoms with van der Waals surface area (Å²) in [6, 6.07) is 4.95. The van der Waals surface area contributed by atoms with E-state index in [2.05, 4.69) is 16.8 Å². The number of allylic oxidation sites excluding steroid dienone is 1. The van der Waals surface area contributed by atoms with E-state index in [0.29, 0.717) is 5.02 Å². The molecule has 0 aromatic heterocycles. The van der Waals surface area contributed by atoms with Crippen LogP contribution < -0.4 is 5.32 Å². The summed E-state index contributed by atoms with van der Waals surface area (Å²) in [7, 11) is 0. The van der Waals surface area contributed by atoms with Gasteiger partial charge < -0.3 is 5.32 Å². The van der Waals surface area contributed by atoms with Crippen LogP contribution in [0.5, 0.6) is 0 Å². The molecule has 0 bridgehead atoms. The van der Waals surface area contributed by atoms with Crippen LogP contribution in [0.25, 0.3) is 0 Å². The van der Waals surface area contributed by atoms with Gasteiger partial charge in [0.15, 0.2) is 0 Å². The topological polar surface area (TPSA) is 15.3 Å². The average Bonchev–Trinajstić information content (AvgIpc) is 2.42. The monoisotopic (exact) mass is 354 g/mol. The number of nitrogens with one attached hydrogen (secondary N) is 1. The van der Waals surface area contributed by atoms with Crippen LogP contribution in [0.1, 0.15) is 24.4 Å². The number of benzene rings is 1. The van der Waals surface area contributed by atoms with Crippen LogP contribution in [0.4, 0.5) is 4.39 Å². The quantitative estimate of drug-likeness (QED) is 0.795. The maximum absolute atomic E-state index is 13.2. The Labute approximate surface area is 143 Å². The van der Waals surface area contributed by atoms with E-state index >= 15 is 0 Å². The molecule has 120 valence electrons. The van der Waals surface area contributed by atoms with Gasteiger partial charge in [0.1, 0.15) is 5.82 Å². The zero-order valence-corrected chi connectivity index (χ0v) is 14.2. The highest BCUT2D eigenvalue weighted by Crippen LogP contribution is 2.32. The van der Waals surface area contributed by atoms with E-state index in [0.717, 1.165) is 44.6 Å². The number of rotatable bonds is 5. The second-order valence-electron chi connectivity index (χ2n) is 4.83. The number of nitrogens with zero attached hydrogens (tertiary/aromatic N) is 1. The number of hydrogen-bond donors (Lipinski definition) is 1. The van der Waals surface area contributed by atoms with Crippen molar-refractivity contribution < 1.29 is 4.39 Å². The molecule has 1 atom stereocenters. The van der Waals surface area contributed by atoms with Crippen LogP contribution in [-0.4, -0.2) is 31.1 Å². The Morgan fingerprint density at radius 1 is 1.33 bits per heavy atom. The molecular weight excluding hydrogens is 334 g/mol. The molecule has 2 rings (SSSR count). The highest BCUT2D eigenvalue weighted by Gasteiger charge is 2.23. The first-order valence-electron chi connectivity index (χ1n) is 6.73. The zero-order chi connectivity index (χ0) is 13.7. The van der Waals surface area contributed by atoms with Gasteiger partial charge >= 0.3 is 0 Å². The van der Waals surface area contributed by atoms with Gasteiger partial charge in [0.05, 0.1) is 0 Å². The van der Waals surface area contributed by atoms with Gasteiger partial charge in [0.2, 0.25) is 0 Å². The Balaban J connectivity index is 0.00000200. The first-order chi connectivity index (χ1) is 9.22. The van der Waals surface area contributed by atoms with Crippen molar-refractivity contribution in [2.24, 2.45) is 0 Å². The first-order valence-corrected chi connectivity index (χ1v) is 7.11. The van der Waals surface area contributed by atoms with E-state index < -0.39 is 0 Å². The summed E-state index contributed by atoms with van der Waals surface area (Å²) < 4.78 is 13.2. The van der Waals surface area contributed by atoms with Crippen molar-refractivity contribution in [3.05, 3.63) is 47.3 Å². The van der Waals surface area contributed by atoms with Crippen molar-refractivity contribution in [1.29, 1.82) is 0 Å². The summed E-state index contributed by atoms with van der Waals surface area (Å²) >= 11 is 6.21. The maximum Gasteiger partial charge on any atom is 0.124 e. The predicted octanol–water partition coefficient (Wildman–Crippen LogP) is 4.24. The van der Waals surface area contributed by atoms with Crippen LogP contribution >= 0.6 is 36.4 Å². The Morgan fingerprint density at radius 3 is 2.57 bits per heavy atom. The van der Waals surface area contributed by atoms with E-state index in [1.165, 1.54) is 12.1 Å². The van der Waals surface area contributed by atoms with Crippen LogP contribution in [0.3, 0.4) is 0 Å². The molecule has 1 N–H and O–H groups in total. The molecule has 1 aliphatic heterocycles. The molecule has 0 saturated carbocycles. The Morgan fingerprint density at radius 2 is 2.00 bits per heavy atom. The summed E-state index contributed by atoms with van der Waals surface area (Å²) in [5, 5.41) is 3.87. The van der Waals surface area contributed by atoms with E-state index in [1.54, 1.807) is 0 Å². The minimum Gasteiger partial charge on any atom is -0.314 e. The molecule has 1 aliphatic rings. The molecule has 1 fully saturated rings. The van der Waals surface area contributed by atoms with Crippen molar-refractivity contribution in [3.63, 3.8) is 0 Å². The van der Waals surface area contributed by atoms with Gasteiger partial charge in [0, 0.05) is 37.2 Å². The summed E-state index contributed by atoms with van der Waals surface area (Å²) in [5.74, 6) is -0.281.